The molecule has 0 aromatic heterocycles. The second-order valence-electron chi connectivity index (χ2n) is 2.87. The van der Waals surface area contributed by atoms with Crippen LogP contribution in [0, 0.1) is 5.41 Å². The van der Waals surface area contributed by atoms with Gasteiger partial charge in [0.25, 0.3) is 0 Å². The van der Waals surface area contributed by atoms with Crippen molar-refractivity contribution in [1.82, 2.24) is 4.90 Å². The van der Waals surface area contributed by atoms with E-state index in [1.807, 2.05) is 24.3 Å². The maximum absolute atomic E-state index is 7.17. The van der Waals surface area contributed by atoms with E-state index in [-0.39, 0.29) is 5.96 Å². The summed E-state index contributed by atoms with van der Waals surface area (Å²) in [5.74, 6) is 0.0648. The Bertz CT molecular complexity index is 294. The minimum absolute atomic E-state index is 0.0648. The quantitative estimate of drug-likeness (QED) is 0.560. The number of nitrogens with one attached hydrogen (secondary N) is 1. The molecule has 0 atom stereocenters. The molecule has 0 saturated heterocycles. The van der Waals surface area contributed by atoms with Gasteiger partial charge in [0.1, 0.15) is 0 Å². The molecule has 0 saturated carbocycles. The number of nitrogens with zero attached hydrogens (tertiary/aromatic N) is 1. The summed E-state index contributed by atoms with van der Waals surface area (Å²) >= 11 is 5.73. The maximum Gasteiger partial charge on any atom is 0.188 e. The normalized spacial score (nSPS) is 9.69. The Morgan fingerprint density at radius 2 is 2.00 bits per heavy atom. The van der Waals surface area contributed by atoms with Crippen LogP contribution in [-0.2, 0) is 6.54 Å². The first-order valence-electron chi connectivity index (χ1n) is 3.89. The van der Waals surface area contributed by atoms with Gasteiger partial charge in [-0.1, -0.05) is 23.7 Å². The standard InChI is InChI=1S/C9H12ClN3/c1-13(9(11)12)6-7-2-4-8(10)5-3-7/h2-5H,6H2,1H3,(H3,11,12). The minimum atomic E-state index is 0.0648. The molecule has 1 aromatic rings. The van der Waals surface area contributed by atoms with Crippen LogP contribution in [0.3, 0.4) is 0 Å². The van der Waals surface area contributed by atoms with Crippen LogP contribution in [0.2, 0.25) is 5.02 Å². The third-order valence-electron chi connectivity index (χ3n) is 1.74. The van der Waals surface area contributed by atoms with Gasteiger partial charge >= 0.3 is 0 Å². The summed E-state index contributed by atoms with van der Waals surface area (Å²) in [7, 11) is 1.77. The van der Waals surface area contributed by atoms with Crippen LogP contribution in [0.4, 0.5) is 0 Å². The van der Waals surface area contributed by atoms with E-state index < -0.39 is 0 Å². The lowest BCUT2D eigenvalue weighted by atomic mass is 10.2. The summed E-state index contributed by atoms with van der Waals surface area (Å²) in [5.41, 5.74) is 6.38. The summed E-state index contributed by atoms with van der Waals surface area (Å²) in [6, 6.07) is 7.49. The molecule has 3 N–H and O–H groups in total. The summed E-state index contributed by atoms with van der Waals surface area (Å²) in [6.07, 6.45) is 0. The average Bonchev–Trinajstić information content (AvgIpc) is 2.08. The molecule has 0 bridgehead atoms. The van der Waals surface area contributed by atoms with Gasteiger partial charge in [0.2, 0.25) is 0 Å². The molecule has 1 rings (SSSR count). The molecule has 0 fully saturated rings. The number of rotatable bonds is 2. The monoisotopic (exact) mass is 197 g/mol. The molecule has 0 aliphatic heterocycles. The molecule has 0 unspecified atom stereocenters. The first-order valence-corrected chi connectivity index (χ1v) is 4.27. The van der Waals surface area contributed by atoms with Crippen LogP contribution in [0.25, 0.3) is 0 Å². The molecule has 1 aromatic carbocycles. The van der Waals surface area contributed by atoms with E-state index in [9.17, 15) is 0 Å². The zero-order valence-corrected chi connectivity index (χ0v) is 8.17. The van der Waals surface area contributed by atoms with Crippen LogP contribution < -0.4 is 5.73 Å². The Morgan fingerprint density at radius 3 is 2.46 bits per heavy atom. The van der Waals surface area contributed by atoms with Crippen molar-refractivity contribution in [3.63, 3.8) is 0 Å². The van der Waals surface area contributed by atoms with Crippen molar-refractivity contribution >= 4 is 17.6 Å². The van der Waals surface area contributed by atoms with Gasteiger partial charge in [-0.05, 0) is 17.7 Å². The molecule has 0 spiro atoms. The Kier molecular flexibility index (Phi) is 3.14. The number of halogens is 1. The van der Waals surface area contributed by atoms with Crippen molar-refractivity contribution in [3.8, 4) is 0 Å². The molecule has 13 heavy (non-hydrogen) atoms. The van der Waals surface area contributed by atoms with E-state index in [1.54, 1.807) is 11.9 Å². The van der Waals surface area contributed by atoms with Crippen molar-refractivity contribution in [3.05, 3.63) is 34.9 Å². The van der Waals surface area contributed by atoms with E-state index in [0.717, 1.165) is 5.56 Å². The van der Waals surface area contributed by atoms with Crippen LogP contribution >= 0.6 is 11.6 Å². The van der Waals surface area contributed by atoms with Gasteiger partial charge in [0, 0.05) is 18.6 Å². The van der Waals surface area contributed by atoms with Crippen LogP contribution in [0.15, 0.2) is 24.3 Å². The molecule has 3 nitrogen and oxygen atoms in total. The first kappa shape index (κ1) is 9.86. The van der Waals surface area contributed by atoms with Crippen molar-refractivity contribution in [1.29, 1.82) is 5.41 Å². The lowest BCUT2D eigenvalue weighted by Gasteiger charge is -2.16. The summed E-state index contributed by atoms with van der Waals surface area (Å²) in [4.78, 5) is 1.66. The highest BCUT2D eigenvalue weighted by molar-refractivity contribution is 6.30. The summed E-state index contributed by atoms with van der Waals surface area (Å²) in [6.45, 7) is 0.631. The fourth-order valence-corrected chi connectivity index (χ4v) is 1.07. The smallest absolute Gasteiger partial charge is 0.188 e. The molecule has 0 aliphatic rings. The maximum atomic E-state index is 7.17. The van der Waals surface area contributed by atoms with Crippen molar-refractivity contribution in [2.24, 2.45) is 5.73 Å². The SMILES string of the molecule is CN(Cc1ccc(Cl)cc1)C(=N)N. The van der Waals surface area contributed by atoms with E-state index >= 15 is 0 Å². The van der Waals surface area contributed by atoms with Gasteiger partial charge in [-0.15, -0.1) is 0 Å². The number of nitrogens with two attached hydrogens (primary N) is 1. The summed E-state index contributed by atoms with van der Waals surface area (Å²) < 4.78 is 0. The zero-order chi connectivity index (χ0) is 9.84. The third kappa shape index (κ3) is 2.95. The third-order valence-corrected chi connectivity index (χ3v) is 2.00. The van der Waals surface area contributed by atoms with E-state index in [4.69, 9.17) is 22.7 Å². The Morgan fingerprint density at radius 1 is 1.46 bits per heavy atom. The van der Waals surface area contributed by atoms with E-state index in [2.05, 4.69) is 0 Å². The predicted molar refractivity (Wildman–Crippen MR) is 54.8 cm³/mol. The predicted octanol–water partition coefficient (Wildman–Crippen LogP) is 1.67. The lowest BCUT2D eigenvalue weighted by molar-refractivity contribution is 0.491. The van der Waals surface area contributed by atoms with Gasteiger partial charge in [0.15, 0.2) is 5.96 Å². The van der Waals surface area contributed by atoms with E-state index in [0.29, 0.717) is 11.6 Å². The van der Waals surface area contributed by atoms with Gasteiger partial charge < -0.3 is 10.6 Å². The number of guanidine groups is 1. The Hall–Kier alpha value is -1.22. The fourth-order valence-electron chi connectivity index (χ4n) is 0.949. The molecule has 4 heteroatoms. The molecule has 0 aliphatic carbocycles. The van der Waals surface area contributed by atoms with E-state index in [1.165, 1.54) is 0 Å². The van der Waals surface area contributed by atoms with Crippen LogP contribution in [-0.4, -0.2) is 17.9 Å². The molecule has 70 valence electrons. The van der Waals surface area contributed by atoms with Crippen molar-refractivity contribution in [2.75, 3.05) is 7.05 Å². The lowest BCUT2D eigenvalue weighted by Crippen LogP contribution is -2.32. The van der Waals surface area contributed by atoms with Crippen molar-refractivity contribution in [2.45, 2.75) is 6.54 Å². The second kappa shape index (κ2) is 4.14. The highest BCUT2D eigenvalue weighted by atomic mass is 35.5. The topological polar surface area (TPSA) is 53.1 Å². The zero-order valence-electron chi connectivity index (χ0n) is 7.42. The van der Waals surface area contributed by atoms with Gasteiger partial charge in [-0.2, -0.15) is 0 Å². The Balaban J connectivity index is 2.64. The average molecular weight is 198 g/mol. The minimum Gasteiger partial charge on any atom is -0.370 e. The number of hydrogen-bond acceptors (Lipinski definition) is 1. The summed E-state index contributed by atoms with van der Waals surface area (Å²) in [5, 5.41) is 7.89. The van der Waals surface area contributed by atoms with Crippen LogP contribution in [0.1, 0.15) is 5.56 Å². The van der Waals surface area contributed by atoms with Crippen LogP contribution in [0.5, 0.6) is 0 Å². The Labute approximate surface area is 82.6 Å². The fraction of sp³-hybridized carbons (Fsp3) is 0.222. The largest absolute Gasteiger partial charge is 0.370 e. The van der Waals surface area contributed by atoms with Gasteiger partial charge in [0.05, 0.1) is 0 Å². The number of benzene rings is 1. The highest BCUT2D eigenvalue weighted by Crippen LogP contribution is 2.10. The van der Waals surface area contributed by atoms with Crippen molar-refractivity contribution < 1.29 is 0 Å². The molecular weight excluding hydrogens is 186 g/mol. The first-order chi connectivity index (χ1) is 6.09. The highest BCUT2D eigenvalue weighted by Gasteiger charge is 2.00. The van der Waals surface area contributed by atoms with Gasteiger partial charge in [-0.3, -0.25) is 5.41 Å². The molecule has 0 heterocycles. The molecule has 0 amide bonds. The van der Waals surface area contributed by atoms with Gasteiger partial charge in [-0.25, -0.2) is 0 Å². The number of hydrogen-bond donors (Lipinski definition) is 2. The second-order valence-corrected chi connectivity index (χ2v) is 3.30. The molecule has 0 radical (unpaired) electrons. The molecular formula is C9H12ClN3.